The van der Waals surface area contributed by atoms with Gasteiger partial charge in [0.25, 0.3) is 5.91 Å². The standard InChI is InChI=1S/C27H30N4O2/c1-3-16-28-26(33)27(15-9-17-31(20-27)25(32)24-14-18-30(2)29-24)19-22-12-7-8-13-23(22)21-10-5-4-6-11-21/h3-8,10-14,18H,1,9,15-17,19-20H2,2H3,(H,28,33)/t27-/m0/s1. The zero-order valence-electron chi connectivity index (χ0n) is 19.0. The number of piperidine rings is 1. The number of rotatable bonds is 7. The van der Waals surface area contributed by atoms with Gasteiger partial charge in [0.15, 0.2) is 0 Å². The molecule has 1 aliphatic rings. The summed E-state index contributed by atoms with van der Waals surface area (Å²) in [7, 11) is 1.79. The van der Waals surface area contributed by atoms with Crippen molar-refractivity contribution in [3.63, 3.8) is 0 Å². The molecule has 1 fully saturated rings. The minimum Gasteiger partial charge on any atom is -0.352 e. The van der Waals surface area contributed by atoms with E-state index in [1.165, 1.54) is 0 Å². The molecule has 2 aromatic carbocycles. The Morgan fingerprint density at radius 1 is 1.12 bits per heavy atom. The highest BCUT2D eigenvalue weighted by Crippen LogP contribution is 2.37. The third-order valence-corrected chi connectivity index (χ3v) is 6.32. The average Bonchev–Trinajstić information content (AvgIpc) is 3.29. The Labute approximate surface area is 194 Å². The van der Waals surface area contributed by atoms with Crippen LogP contribution in [0.5, 0.6) is 0 Å². The third kappa shape index (κ3) is 4.90. The Kier molecular flexibility index (Phi) is 6.73. The fraction of sp³-hybridized carbons (Fsp3) is 0.296. The molecule has 3 aromatic rings. The van der Waals surface area contributed by atoms with Crippen LogP contribution in [0.4, 0.5) is 0 Å². The van der Waals surface area contributed by atoms with E-state index in [1.54, 1.807) is 35.0 Å². The molecule has 2 heterocycles. The van der Waals surface area contributed by atoms with Crippen LogP contribution >= 0.6 is 0 Å². The number of carbonyl (C=O) groups is 2. The van der Waals surface area contributed by atoms with Gasteiger partial charge in [0.1, 0.15) is 5.69 Å². The van der Waals surface area contributed by atoms with Gasteiger partial charge in [-0.1, -0.05) is 60.7 Å². The second-order valence-electron chi connectivity index (χ2n) is 8.68. The summed E-state index contributed by atoms with van der Waals surface area (Å²) in [4.78, 5) is 28.5. The number of likely N-dealkylation sites (tertiary alicyclic amines) is 1. The summed E-state index contributed by atoms with van der Waals surface area (Å²) in [5.41, 5.74) is 3.01. The molecule has 1 N–H and O–H groups in total. The fourth-order valence-corrected chi connectivity index (χ4v) is 4.70. The Bertz CT molecular complexity index is 1140. The minimum atomic E-state index is -0.726. The van der Waals surface area contributed by atoms with Crippen molar-refractivity contribution in [1.29, 1.82) is 0 Å². The van der Waals surface area contributed by atoms with Crippen LogP contribution < -0.4 is 5.32 Å². The van der Waals surface area contributed by atoms with E-state index in [1.807, 2.05) is 30.3 Å². The number of aromatic nitrogens is 2. The first-order chi connectivity index (χ1) is 16.0. The van der Waals surface area contributed by atoms with Crippen LogP contribution in [-0.2, 0) is 18.3 Å². The molecule has 0 radical (unpaired) electrons. The monoisotopic (exact) mass is 442 g/mol. The first kappa shape index (κ1) is 22.5. The van der Waals surface area contributed by atoms with Crippen LogP contribution in [0.15, 0.2) is 79.5 Å². The lowest BCUT2D eigenvalue weighted by atomic mass is 9.73. The first-order valence-corrected chi connectivity index (χ1v) is 11.3. The van der Waals surface area contributed by atoms with Crippen molar-refractivity contribution < 1.29 is 9.59 Å². The molecular weight excluding hydrogens is 412 g/mol. The van der Waals surface area contributed by atoms with Gasteiger partial charge in [0, 0.05) is 32.9 Å². The second kappa shape index (κ2) is 9.86. The van der Waals surface area contributed by atoms with E-state index in [4.69, 9.17) is 0 Å². The maximum Gasteiger partial charge on any atom is 0.274 e. The molecule has 0 unspecified atom stereocenters. The molecule has 1 atom stereocenters. The smallest absolute Gasteiger partial charge is 0.274 e. The fourth-order valence-electron chi connectivity index (χ4n) is 4.70. The van der Waals surface area contributed by atoms with Crippen molar-refractivity contribution >= 4 is 11.8 Å². The Hall–Kier alpha value is -3.67. The van der Waals surface area contributed by atoms with Crippen LogP contribution in [-0.4, -0.2) is 46.1 Å². The molecule has 1 aliphatic heterocycles. The number of hydrogen-bond donors (Lipinski definition) is 1. The van der Waals surface area contributed by atoms with Gasteiger partial charge in [-0.25, -0.2) is 0 Å². The molecule has 1 saturated heterocycles. The summed E-state index contributed by atoms with van der Waals surface area (Å²) in [6.07, 6.45) is 5.46. The molecule has 6 nitrogen and oxygen atoms in total. The van der Waals surface area contributed by atoms with Crippen molar-refractivity contribution in [2.45, 2.75) is 19.3 Å². The van der Waals surface area contributed by atoms with E-state index in [0.29, 0.717) is 38.2 Å². The number of amides is 2. The molecule has 170 valence electrons. The number of nitrogens with zero attached hydrogens (tertiary/aromatic N) is 3. The van der Waals surface area contributed by atoms with Gasteiger partial charge < -0.3 is 10.2 Å². The molecule has 6 heteroatoms. The Balaban J connectivity index is 1.68. The summed E-state index contributed by atoms with van der Waals surface area (Å²) in [5.74, 6) is -0.170. The SMILES string of the molecule is C=CCNC(=O)[C@]1(Cc2ccccc2-c2ccccc2)CCCN(C(=O)c2ccn(C)n2)C1. The third-order valence-electron chi connectivity index (χ3n) is 6.32. The number of nitrogens with one attached hydrogen (secondary N) is 1. The van der Waals surface area contributed by atoms with Crippen LogP contribution in [0.25, 0.3) is 11.1 Å². The molecule has 0 spiro atoms. The normalized spacial score (nSPS) is 18.0. The molecule has 33 heavy (non-hydrogen) atoms. The predicted molar refractivity (Wildman–Crippen MR) is 130 cm³/mol. The van der Waals surface area contributed by atoms with E-state index in [0.717, 1.165) is 23.1 Å². The minimum absolute atomic E-state index is 0.0382. The molecular formula is C27H30N4O2. The molecule has 0 saturated carbocycles. The molecule has 1 aromatic heterocycles. The lowest BCUT2D eigenvalue weighted by molar-refractivity contribution is -0.133. The Morgan fingerprint density at radius 3 is 2.61 bits per heavy atom. The summed E-state index contributed by atoms with van der Waals surface area (Å²) in [6, 6.07) is 20.1. The predicted octanol–water partition coefficient (Wildman–Crippen LogP) is 3.85. The summed E-state index contributed by atoms with van der Waals surface area (Å²) < 4.78 is 1.62. The van der Waals surface area contributed by atoms with Gasteiger partial charge in [-0.05, 0) is 42.0 Å². The van der Waals surface area contributed by atoms with E-state index in [2.05, 4.69) is 41.3 Å². The van der Waals surface area contributed by atoms with E-state index in [-0.39, 0.29) is 11.8 Å². The van der Waals surface area contributed by atoms with E-state index < -0.39 is 5.41 Å². The highest BCUT2D eigenvalue weighted by atomic mass is 16.2. The van der Waals surface area contributed by atoms with Gasteiger partial charge in [-0.3, -0.25) is 14.3 Å². The van der Waals surface area contributed by atoms with E-state index >= 15 is 0 Å². The summed E-state index contributed by atoms with van der Waals surface area (Å²) in [6.45, 7) is 5.10. The number of hydrogen-bond acceptors (Lipinski definition) is 3. The highest BCUT2D eigenvalue weighted by molar-refractivity contribution is 5.93. The van der Waals surface area contributed by atoms with Gasteiger partial charge in [-0.2, -0.15) is 5.10 Å². The van der Waals surface area contributed by atoms with E-state index in [9.17, 15) is 9.59 Å². The van der Waals surface area contributed by atoms with Crippen molar-refractivity contribution in [2.24, 2.45) is 12.5 Å². The van der Waals surface area contributed by atoms with Crippen molar-refractivity contribution in [3.8, 4) is 11.1 Å². The summed E-state index contributed by atoms with van der Waals surface area (Å²) >= 11 is 0. The first-order valence-electron chi connectivity index (χ1n) is 11.3. The zero-order chi connectivity index (χ0) is 23.3. The molecule has 2 amide bonds. The van der Waals surface area contributed by atoms with Crippen molar-refractivity contribution in [2.75, 3.05) is 19.6 Å². The largest absolute Gasteiger partial charge is 0.352 e. The van der Waals surface area contributed by atoms with Gasteiger partial charge >= 0.3 is 0 Å². The molecule has 0 aliphatic carbocycles. The highest BCUT2D eigenvalue weighted by Gasteiger charge is 2.44. The maximum atomic E-state index is 13.5. The van der Waals surface area contributed by atoms with Gasteiger partial charge in [-0.15, -0.1) is 6.58 Å². The van der Waals surface area contributed by atoms with Crippen LogP contribution in [0.3, 0.4) is 0 Å². The molecule has 0 bridgehead atoms. The van der Waals surface area contributed by atoms with Crippen molar-refractivity contribution in [1.82, 2.24) is 20.0 Å². The lowest BCUT2D eigenvalue weighted by Crippen LogP contribution is -2.54. The van der Waals surface area contributed by atoms with Gasteiger partial charge in [0.05, 0.1) is 5.41 Å². The number of benzene rings is 2. The molecule has 4 rings (SSSR count). The second-order valence-corrected chi connectivity index (χ2v) is 8.68. The number of carbonyl (C=O) groups excluding carboxylic acids is 2. The summed E-state index contributed by atoms with van der Waals surface area (Å²) in [5, 5.41) is 7.29. The number of aryl methyl sites for hydroxylation is 1. The van der Waals surface area contributed by atoms with Crippen LogP contribution in [0.2, 0.25) is 0 Å². The van der Waals surface area contributed by atoms with Gasteiger partial charge in [0.2, 0.25) is 5.91 Å². The zero-order valence-corrected chi connectivity index (χ0v) is 19.0. The average molecular weight is 443 g/mol. The van der Waals surface area contributed by atoms with Crippen LogP contribution in [0.1, 0.15) is 28.9 Å². The van der Waals surface area contributed by atoms with Crippen LogP contribution in [0, 0.1) is 5.41 Å². The topological polar surface area (TPSA) is 67.2 Å². The quantitative estimate of drug-likeness (QED) is 0.565. The lowest BCUT2D eigenvalue weighted by Gasteiger charge is -2.42. The Morgan fingerprint density at radius 2 is 1.88 bits per heavy atom. The maximum absolute atomic E-state index is 13.5. The van der Waals surface area contributed by atoms with Crippen molar-refractivity contribution in [3.05, 3.63) is 90.8 Å².